The van der Waals surface area contributed by atoms with Gasteiger partial charge in [0, 0.05) is 36.8 Å². The lowest BCUT2D eigenvalue weighted by atomic mass is 9.83. The first kappa shape index (κ1) is 12.4. The summed E-state index contributed by atoms with van der Waals surface area (Å²) in [4.78, 5) is 8.42. The van der Waals surface area contributed by atoms with Crippen LogP contribution < -0.4 is 10.2 Å². The van der Waals surface area contributed by atoms with E-state index in [4.69, 9.17) is 0 Å². The van der Waals surface area contributed by atoms with Crippen molar-refractivity contribution in [1.29, 1.82) is 0 Å². The molecule has 0 atom stereocenters. The second-order valence-corrected chi connectivity index (χ2v) is 7.51. The van der Waals surface area contributed by atoms with Gasteiger partial charge in [0.05, 0.1) is 0 Å². The van der Waals surface area contributed by atoms with Gasteiger partial charge in [0.2, 0.25) is 0 Å². The molecule has 0 spiro atoms. The molecule has 1 aromatic rings. The summed E-state index contributed by atoms with van der Waals surface area (Å²) in [6.07, 6.45) is 7.32. The minimum absolute atomic E-state index is 0.518. The molecule has 1 aliphatic carbocycles. The summed E-state index contributed by atoms with van der Waals surface area (Å²) in [5, 5.41) is 4.77. The monoisotopic (exact) mass is 265 g/mol. The second kappa shape index (κ2) is 4.82. The topological polar surface area (TPSA) is 28.2 Å². The third kappa shape index (κ3) is 3.04. The Hall–Kier alpha value is -0.610. The molecule has 1 saturated carbocycles. The third-order valence-corrected chi connectivity index (χ3v) is 5.13. The van der Waals surface area contributed by atoms with E-state index < -0.39 is 0 Å². The summed E-state index contributed by atoms with van der Waals surface area (Å²) in [6, 6.07) is 0.784. The predicted molar refractivity (Wildman–Crippen MR) is 77.2 cm³/mol. The summed E-state index contributed by atoms with van der Waals surface area (Å²) in [6.45, 7) is 8.07. The van der Waals surface area contributed by atoms with E-state index in [1.54, 1.807) is 0 Å². The van der Waals surface area contributed by atoms with Gasteiger partial charge in [-0.25, -0.2) is 4.98 Å². The molecule has 0 unspecified atom stereocenters. The fourth-order valence-electron chi connectivity index (χ4n) is 2.36. The molecule has 0 amide bonds. The molecule has 1 aromatic heterocycles. The van der Waals surface area contributed by atoms with Crippen molar-refractivity contribution in [2.24, 2.45) is 5.41 Å². The molecule has 4 heteroatoms. The van der Waals surface area contributed by atoms with E-state index in [0.29, 0.717) is 5.41 Å². The first-order valence-corrected chi connectivity index (χ1v) is 7.87. The van der Waals surface area contributed by atoms with Gasteiger partial charge in [-0.2, -0.15) is 0 Å². The average Bonchev–Trinajstić information content (AvgIpc) is 3.05. The van der Waals surface area contributed by atoms with E-state index in [1.807, 2.05) is 11.3 Å². The number of hydrogen-bond acceptors (Lipinski definition) is 4. The van der Waals surface area contributed by atoms with E-state index in [0.717, 1.165) is 25.7 Å². The molecule has 0 aromatic carbocycles. The molecular weight excluding hydrogens is 242 g/mol. The number of thiazole rings is 1. The predicted octanol–water partition coefficient (Wildman–Crippen LogP) is 3.02. The quantitative estimate of drug-likeness (QED) is 0.907. The largest absolute Gasteiger partial charge is 0.348 e. The van der Waals surface area contributed by atoms with Crippen molar-refractivity contribution >= 4 is 16.5 Å². The number of aromatic nitrogens is 1. The maximum atomic E-state index is 4.59. The maximum absolute atomic E-state index is 4.59. The number of anilines is 1. The molecule has 3 nitrogen and oxygen atoms in total. The van der Waals surface area contributed by atoms with Crippen LogP contribution in [0.4, 0.5) is 5.13 Å². The van der Waals surface area contributed by atoms with Crippen molar-refractivity contribution in [3.8, 4) is 0 Å². The van der Waals surface area contributed by atoms with Crippen LogP contribution in [0, 0.1) is 5.41 Å². The Morgan fingerprint density at radius 1 is 1.39 bits per heavy atom. The highest BCUT2D eigenvalue weighted by Gasteiger charge is 2.26. The Bertz CT molecular complexity index is 399. The summed E-state index contributed by atoms with van der Waals surface area (Å²) in [5.74, 6) is 0. The van der Waals surface area contributed by atoms with Crippen LogP contribution in [-0.4, -0.2) is 24.1 Å². The molecular formula is C14H23N3S. The van der Waals surface area contributed by atoms with Crippen LogP contribution >= 0.6 is 11.3 Å². The van der Waals surface area contributed by atoms with Crippen LogP contribution in [0.25, 0.3) is 0 Å². The van der Waals surface area contributed by atoms with Gasteiger partial charge >= 0.3 is 0 Å². The van der Waals surface area contributed by atoms with Crippen LogP contribution in [0.3, 0.4) is 0 Å². The van der Waals surface area contributed by atoms with Gasteiger partial charge in [0.1, 0.15) is 0 Å². The molecule has 100 valence electrons. The first-order chi connectivity index (χ1) is 8.62. The van der Waals surface area contributed by atoms with Gasteiger partial charge in [0.25, 0.3) is 0 Å². The van der Waals surface area contributed by atoms with Gasteiger partial charge in [-0.05, 0) is 31.1 Å². The number of piperidine rings is 1. The van der Waals surface area contributed by atoms with Crippen LogP contribution in [0.5, 0.6) is 0 Å². The molecule has 0 radical (unpaired) electrons. The number of nitrogens with one attached hydrogen (secondary N) is 1. The van der Waals surface area contributed by atoms with Crippen molar-refractivity contribution in [3.63, 3.8) is 0 Å². The molecule has 3 rings (SSSR count). The van der Waals surface area contributed by atoms with Crippen molar-refractivity contribution in [2.75, 3.05) is 18.0 Å². The molecule has 0 bridgehead atoms. The van der Waals surface area contributed by atoms with Crippen LogP contribution in [-0.2, 0) is 6.54 Å². The third-order valence-electron chi connectivity index (χ3n) is 4.07. The maximum Gasteiger partial charge on any atom is 0.185 e. The zero-order valence-corrected chi connectivity index (χ0v) is 12.2. The lowest BCUT2D eigenvalue weighted by Crippen LogP contribution is -2.37. The minimum Gasteiger partial charge on any atom is -0.348 e. The fraction of sp³-hybridized carbons (Fsp3) is 0.786. The van der Waals surface area contributed by atoms with Gasteiger partial charge < -0.3 is 10.2 Å². The normalized spacial score (nSPS) is 23.3. The molecule has 18 heavy (non-hydrogen) atoms. The summed E-state index contributed by atoms with van der Waals surface area (Å²) >= 11 is 1.86. The minimum atomic E-state index is 0.518. The molecule has 2 aliphatic rings. The highest BCUT2D eigenvalue weighted by molar-refractivity contribution is 7.15. The molecule has 2 fully saturated rings. The Morgan fingerprint density at radius 3 is 2.78 bits per heavy atom. The SMILES string of the molecule is CC1(C)CCN(c2ncc(CNC3CC3)s2)CC1. The molecule has 1 N–H and O–H groups in total. The van der Waals surface area contributed by atoms with Crippen LogP contribution in [0.15, 0.2) is 6.20 Å². The van der Waals surface area contributed by atoms with Gasteiger partial charge in [-0.1, -0.05) is 13.8 Å². The standard InChI is InChI=1S/C14H23N3S/c1-14(2)5-7-17(8-6-14)13-16-10-12(18-13)9-15-11-3-4-11/h10-11,15H,3-9H2,1-2H3. The molecule has 1 aliphatic heterocycles. The molecule has 2 heterocycles. The van der Waals surface area contributed by atoms with Crippen molar-refractivity contribution in [3.05, 3.63) is 11.1 Å². The van der Waals surface area contributed by atoms with Gasteiger partial charge in [-0.15, -0.1) is 11.3 Å². The second-order valence-electron chi connectivity index (χ2n) is 6.42. The van der Waals surface area contributed by atoms with Gasteiger partial charge in [-0.3, -0.25) is 0 Å². The van der Waals surface area contributed by atoms with Crippen molar-refractivity contribution in [2.45, 2.75) is 52.1 Å². The summed E-state index contributed by atoms with van der Waals surface area (Å²) < 4.78 is 0. The van der Waals surface area contributed by atoms with Crippen LogP contribution in [0.2, 0.25) is 0 Å². The average molecular weight is 265 g/mol. The van der Waals surface area contributed by atoms with E-state index in [2.05, 4.69) is 35.2 Å². The van der Waals surface area contributed by atoms with Crippen molar-refractivity contribution < 1.29 is 0 Å². The Kier molecular flexibility index (Phi) is 3.32. The Balaban J connectivity index is 1.55. The first-order valence-electron chi connectivity index (χ1n) is 7.05. The fourth-order valence-corrected chi connectivity index (χ4v) is 3.27. The van der Waals surface area contributed by atoms with E-state index in [1.165, 1.54) is 35.7 Å². The summed E-state index contributed by atoms with van der Waals surface area (Å²) in [5.41, 5.74) is 0.518. The highest BCUT2D eigenvalue weighted by atomic mass is 32.1. The summed E-state index contributed by atoms with van der Waals surface area (Å²) in [7, 11) is 0. The van der Waals surface area contributed by atoms with E-state index in [9.17, 15) is 0 Å². The lowest BCUT2D eigenvalue weighted by molar-refractivity contribution is 0.280. The Labute approximate surface area is 114 Å². The van der Waals surface area contributed by atoms with E-state index in [-0.39, 0.29) is 0 Å². The highest BCUT2D eigenvalue weighted by Crippen LogP contribution is 2.33. The van der Waals surface area contributed by atoms with Gasteiger partial charge in [0.15, 0.2) is 5.13 Å². The van der Waals surface area contributed by atoms with E-state index >= 15 is 0 Å². The zero-order valence-electron chi connectivity index (χ0n) is 11.4. The number of hydrogen-bond donors (Lipinski definition) is 1. The van der Waals surface area contributed by atoms with Crippen LogP contribution in [0.1, 0.15) is 44.4 Å². The smallest absolute Gasteiger partial charge is 0.185 e. The number of nitrogens with zero attached hydrogens (tertiary/aromatic N) is 2. The molecule has 1 saturated heterocycles. The Morgan fingerprint density at radius 2 is 2.11 bits per heavy atom. The number of rotatable bonds is 4. The zero-order chi connectivity index (χ0) is 12.6. The van der Waals surface area contributed by atoms with Crippen molar-refractivity contribution in [1.82, 2.24) is 10.3 Å². The lowest BCUT2D eigenvalue weighted by Gasteiger charge is -2.36.